The van der Waals surface area contributed by atoms with Crippen molar-refractivity contribution in [2.45, 2.75) is 51.4 Å². The van der Waals surface area contributed by atoms with Crippen LogP contribution in [-0.2, 0) is 4.79 Å². The molecule has 3 saturated carbocycles. The molecular formula is C20H25N3O3. The minimum atomic E-state index is -0.580. The molecule has 0 saturated heterocycles. The number of aromatic amines is 1. The van der Waals surface area contributed by atoms with Gasteiger partial charge in [-0.2, -0.15) is 5.10 Å². The van der Waals surface area contributed by atoms with Crippen molar-refractivity contribution in [3.8, 4) is 17.1 Å². The number of H-pyrrole nitrogens is 1. The van der Waals surface area contributed by atoms with Crippen LogP contribution < -0.4 is 4.74 Å². The fraction of sp³-hybridized carbons (Fsp3) is 0.550. The first kappa shape index (κ1) is 17.1. The fourth-order valence-electron chi connectivity index (χ4n) is 4.66. The van der Waals surface area contributed by atoms with Gasteiger partial charge in [-0.15, -0.1) is 0 Å². The van der Waals surface area contributed by atoms with E-state index in [2.05, 4.69) is 15.2 Å². The highest BCUT2D eigenvalue weighted by molar-refractivity contribution is 5.79. The van der Waals surface area contributed by atoms with Crippen molar-refractivity contribution in [3.05, 3.63) is 30.6 Å². The van der Waals surface area contributed by atoms with Crippen LogP contribution in [0.15, 0.2) is 30.6 Å². The van der Waals surface area contributed by atoms with Gasteiger partial charge in [-0.3, -0.25) is 14.9 Å². The van der Waals surface area contributed by atoms with Gasteiger partial charge in [-0.25, -0.2) is 0 Å². The third kappa shape index (κ3) is 3.20. The number of pyridine rings is 1. The predicted octanol–water partition coefficient (Wildman–Crippen LogP) is 4.06. The van der Waals surface area contributed by atoms with E-state index in [0.717, 1.165) is 49.2 Å². The zero-order valence-corrected chi connectivity index (χ0v) is 14.9. The van der Waals surface area contributed by atoms with Crippen molar-refractivity contribution in [1.82, 2.24) is 15.2 Å². The molecule has 0 radical (unpaired) electrons. The summed E-state index contributed by atoms with van der Waals surface area (Å²) in [5.41, 5.74) is 1.81. The summed E-state index contributed by atoms with van der Waals surface area (Å²) in [5.74, 6) is 0.213. The summed E-state index contributed by atoms with van der Waals surface area (Å²) in [5, 5.41) is 16.0. The predicted molar refractivity (Wildman–Crippen MR) is 96.8 cm³/mol. The van der Waals surface area contributed by atoms with Crippen molar-refractivity contribution < 1.29 is 14.6 Å². The van der Waals surface area contributed by atoms with Gasteiger partial charge in [0, 0.05) is 6.20 Å². The molecule has 26 heavy (non-hydrogen) atoms. The largest absolute Gasteiger partial charge is 0.492 e. The Morgan fingerprint density at radius 1 is 1.15 bits per heavy atom. The first-order chi connectivity index (χ1) is 12.6. The lowest BCUT2D eigenvalue weighted by Gasteiger charge is -2.68. The Balaban J connectivity index is 1.07. The van der Waals surface area contributed by atoms with E-state index in [1.807, 2.05) is 18.2 Å². The lowest BCUT2D eigenvalue weighted by Crippen LogP contribution is -2.65. The van der Waals surface area contributed by atoms with Gasteiger partial charge in [0.1, 0.15) is 5.75 Å². The van der Waals surface area contributed by atoms with Crippen LogP contribution in [0.1, 0.15) is 51.4 Å². The van der Waals surface area contributed by atoms with Crippen molar-refractivity contribution >= 4 is 5.97 Å². The molecular weight excluding hydrogens is 330 g/mol. The Bertz CT molecular complexity index is 735. The lowest BCUT2D eigenvalue weighted by molar-refractivity contribution is -0.225. The summed E-state index contributed by atoms with van der Waals surface area (Å²) in [7, 11) is 0. The molecule has 0 aliphatic heterocycles. The second kappa shape index (κ2) is 6.74. The van der Waals surface area contributed by atoms with Crippen LogP contribution in [0.5, 0.6) is 5.75 Å². The minimum absolute atomic E-state index is 0.325. The third-order valence-electron chi connectivity index (χ3n) is 5.98. The summed E-state index contributed by atoms with van der Waals surface area (Å²) in [6, 6.07) is 5.75. The van der Waals surface area contributed by atoms with Gasteiger partial charge in [0.25, 0.3) is 0 Å². The number of nitrogens with one attached hydrogen (secondary N) is 1. The zero-order valence-electron chi connectivity index (χ0n) is 14.9. The molecule has 3 fully saturated rings. The van der Waals surface area contributed by atoms with Crippen molar-refractivity contribution in [3.63, 3.8) is 0 Å². The van der Waals surface area contributed by atoms with E-state index < -0.39 is 5.97 Å². The van der Waals surface area contributed by atoms with Crippen LogP contribution in [0.3, 0.4) is 0 Å². The average molecular weight is 355 g/mol. The quantitative estimate of drug-likeness (QED) is 0.628. The molecule has 2 heterocycles. The summed E-state index contributed by atoms with van der Waals surface area (Å²) >= 11 is 0. The van der Waals surface area contributed by atoms with Gasteiger partial charge in [-0.1, -0.05) is 19.3 Å². The van der Waals surface area contributed by atoms with E-state index in [9.17, 15) is 4.79 Å². The number of hydrogen-bond acceptors (Lipinski definition) is 4. The number of aliphatic carboxylic acids is 1. The van der Waals surface area contributed by atoms with Gasteiger partial charge in [0.15, 0.2) is 0 Å². The van der Waals surface area contributed by atoms with Crippen LogP contribution in [-0.4, -0.2) is 32.9 Å². The molecule has 2 aromatic heterocycles. The number of rotatable bonds is 10. The number of hydrogen-bond donors (Lipinski definition) is 2. The summed E-state index contributed by atoms with van der Waals surface area (Å²) in [6.07, 6.45) is 12.0. The minimum Gasteiger partial charge on any atom is -0.492 e. The van der Waals surface area contributed by atoms with E-state index in [-0.39, 0.29) is 5.41 Å². The molecule has 0 aromatic carbocycles. The van der Waals surface area contributed by atoms with Gasteiger partial charge in [0.05, 0.1) is 29.6 Å². The molecule has 2 bridgehead atoms. The summed E-state index contributed by atoms with van der Waals surface area (Å²) < 4.78 is 5.75. The van der Waals surface area contributed by atoms with Crippen molar-refractivity contribution in [2.75, 3.05) is 6.61 Å². The maximum absolute atomic E-state index is 11.1. The van der Waals surface area contributed by atoms with Gasteiger partial charge in [0.2, 0.25) is 0 Å². The number of carboxylic acid groups (broad SMARTS) is 1. The van der Waals surface area contributed by atoms with Crippen LogP contribution in [0, 0.1) is 10.8 Å². The van der Waals surface area contributed by atoms with Crippen LogP contribution in [0.25, 0.3) is 11.4 Å². The van der Waals surface area contributed by atoms with Gasteiger partial charge < -0.3 is 9.84 Å². The molecule has 0 amide bonds. The highest BCUT2D eigenvalue weighted by Crippen LogP contribution is 2.75. The second-order valence-corrected chi connectivity index (χ2v) is 7.98. The Kier molecular flexibility index (Phi) is 4.42. The number of carbonyl (C=O) groups is 1. The molecule has 2 aromatic rings. The highest BCUT2D eigenvalue weighted by atomic mass is 16.5. The second-order valence-electron chi connectivity index (χ2n) is 7.98. The molecule has 6 nitrogen and oxygen atoms in total. The normalized spacial score (nSPS) is 26.0. The number of nitrogens with zero attached hydrogens (tertiary/aromatic N) is 2. The van der Waals surface area contributed by atoms with Crippen LogP contribution in [0.2, 0.25) is 0 Å². The summed E-state index contributed by atoms with van der Waals surface area (Å²) in [4.78, 5) is 15.5. The molecule has 0 spiro atoms. The van der Waals surface area contributed by atoms with E-state index >= 15 is 0 Å². The smallest absolute Gasteiger partial charge is 0.309 e. The number of aromatic nitrogens is 3. The standard InChI is InChI=1S/C20H25N3O3/c24-18(25)20-12-19(13-20,14-20)8-3-1-2-4-10-26-15-5-6-16(21-11-15)17-7-9-22-23-17/h5-7,9,11H,1-4,8,10,12-14H2,(H,22,23)(H,24,25)/t19-,20+. The maximum Gasteiger partial charge on any atom is 0.309 e. The Morgan fingerprint density at radius 3 is 2.62 bits per heavy atom. The zero-order chi connectivity index (χ0) is 18.0. The molecule has 6 heteroatoms. The van der Waals surface area contributed by atoms with Crippen LogP contribution in [0.4, 0.5) is 0 Å². The topological polar surface area (TPSA) is 88.1 Å². The first-order valence-corrected chi connectivity index (χ1v) is 9.43. The molecule has 138 valence electrons. The van der Waals surface area contributed by atoms with E-state index in [1.165, 1.54) is 19.3 Å². The molecule has 2 N–H and O–H groups in total. The average Bonchev–Trinajstić information content (AvgIpc) is 3.09. The van der Waals surface area contributed by atoms with Crippen molar-refractivity contribution in [1.29, 1.82) is 0 Å². The van der Waals surface area contributed by atoms with Crippen LogP contribution >= 0.6 is 0 Å². The lowest BCUT2D eigenvalue weighted by atomic mass is 9.34. The number of carboxylic acids is 1. The molecule has 0 unspecified atom stereocenters. The van der Waals surface area contributed by atoms with E-state index in [4.69, 9.17) is 9.84 Å². The van der Waals surface area contributed by atoms with E-state index in [0.29, 0.717) is 12.0 Å². The monoisotopic (exact) mass is 355 g/mol. The Labute approximate surface area is 153 Å². The molecule has 5 rings (SSSR count). The number of unbranched alkanes of at least 4 members (excludes halogenated alkanes) is 3. The fourth-order valence-corrected chi connectivity index (χ4v) is 4.66. The first-order valence-electron chi connectivity index (χ1n) is 9.43. The van der Waals surface area contributed by atoms with Gasteiger partial charge >= 0.3 is 5.97 Å². The van der Waals surface area contributed by atoms with E-state index in [1.54, 1.807) is 12.4 Å². The molecule has 3 aliphatic rings. The van der Waals surface area contributed by atoms with Gasteiger partial charge in [-0.05, 0) is 55.7 Å². The maximum atomic E-state index is 11.1. The molecule has 0 atom stereocenters. The Hall–Kier alpha value is -2.37. The highest BCUT2D eigenvalue weighted by Gasteiger charge is 2.70. The molecule has 3 aliphatic carbocycles. The van der Waals surface area contributed by atoms with Crippen molar-refractivity contribution in [2.24, 2.45) is 10.8 Å². The Morgan fingerprint density at radius 2 is 1.96 bits per heavy atom. The SMILES string of the molecule is O=C(O)[C@]12C[C@@](CCCCCCOc3ccc(-c4ccn[nH]4)nc3)(C1)C2. The summed E-state index contributed by atoms with van der Waals surface area (Å²) in [6.45, 7) is 0.707. The number of ether oxygens (including phenoxy) is 1. The third-order valence-corrected chi connectivity index (χ3v) is 5.98.